The fraction of sp³-hybridized carbons (Fsp3) is 0.0833. The van der Waals surface area contributed by atoms with Gasteiger partial charge in [0.15, 0.2) is 17.4 Å². The van der Waals surface area contributed by atoms with Gasteiger partial charge in [0.25, 0.3) is 5.88 Å². The van der Waals surface area contributed by atoms with Gasteiger partial charge in [-0.15, -0.1) is 0 Å². The van der Waals surface area contributed by atoms with Crippen molar-refractivity contribution in [1.82, 2.24) is 4.98 Å². The molecule has 0 aliphatic heterocycles. The largest absolute Gasteiger partial charge is 0.433 e. The Morgan fingerprint density at radius 1 is 1.17 bits per heavy atom. The Morgan fingerprint density at radius 2 is 1.94 bits per heavy atom. The highest BCUT2D eigenvalue weighted by Gasteiger charge is 2.13. The molecule has 6 heteroatoms. The molecule has 0 saturated carbocycles. The molecule has 18 heavy (non-hydrogen) atoms. The Morgan fingerprint density at radius 3 is 2.67 bits per heavy atom. The summed E-state index contributed by atoms with van der Waals surface area (Å²) in [6, 6.07) is 4.01. The number of benzene rings is 1. The lowest BCUT2D eigenvalue weighted by Gasteiger charge is -2.08. The molecule has 3 nitrogen and oxygen atoms in total. The summed E-state index contributed by atoms with van der Waals surface area (Å²) in [5.41, 5.74) is 5.49. The first-order valence-electron chi connectivity index (χ1n) is 5.08. The van der Waals surface area contributed by atoms with Crippen LogP contribution in [-0.2, 0) is 6.54 Å². The molecule has 0 unspecified atom stereocenters. The SMILES string of the molecule is NCc1ccnc(Oc2cc(F)ccc2F)c1F. The van der Waals surface area contributed by atoms with Gasteiger partial charge >= 0.3 is 0 Å². The zero-order valence-corrected chi connectivity index (χ0v) is 9.16. The highest BCUT2D eigenvalue weighted by Crippen LogP contribution is 2.26. The summed E-state index contributed by atoms with van der Waals surface area (Å²) >= 11 is 0. The van der Waals surface area contributed by atoms with Crippen LogP contribution in [0.2, 0.25) is 0 Å². The Hall–Kier alpha value is -2.08. The van der Waals surface area contributed by atoms with Crippen molar-refractivity contribution < 1.29 is 17.9 Å². The van der Waals surface area contributed by atoms with E-state index in [0.717, 1.165) is 18.2 Å². The van der Waals surface area contributed by atoms with E-state index < -0.39 is 29.1 Å². The van der Waals surface area contributed by atoms with E-state index in [9.17, 15) is 13.2 Å². The van der Waals surface area contributed by atoms with Gasteiger partial charge in [-0.25, -0.2) is 18.2 Å². The van der Waals surface area contributed by atoms with Crippen LogP contribution in [0.15, 0.2) is 30.5 Å². The van der Waals surface area contributed by atoms with Crippen molar-refractivity contribution in [2.24, 2.45) is 5.73 Å². The van der Waals surface area contributed by atoms with Gasteiger partial charge in [0, 0.05) is 24.4 Å². The van der Waals surface area contributed by atoms with Crippen molar-refractivity contribution in [3.8, 4) is 11.6 Å². The Balaban J connectivity index is 2.37. The lowest BCUT2D eigenvalue weighted by molar-refractivity contribution is 0.392. The molecule has 0 spiro atoms. The fourth-order valence-corrected chi connectivity index (χ4v) is 1.35. The van der Waals surface area contributed by atoms with Crippen molar-refractivity contribution in [3.05, 3.63) is 53.5 Å². The van der Waals surface area contributed by atoms with E-state index in [1.165, 1.54) is 12.3 Å². The van der Waals surface area contributed by atoms with Gasteiger partial charge in [0.2, 0.25) is 0 Å². The zero-order valence-electron chi connectivity index (χ0n) is 9.16. The van der Waals surface area contributed by atoms with Gasteiger partial charge in [-0.1, -0.05) is 0 Å². The maximum absolute atomic E-state index is 13.7. The first kappa shape index (κ1) is 12.4. The lowest BCUT2D eigenvalue weighted by atomic mass is 10.2. The quantitative estimate of drug-likeness (QED) is 0.916. The van der Waals surface area contributed by atoms with Crippen LogP contribution in [0.1, 0.15) is 5.56 Å². The van der Waals surface area contributed by atoms with Crippen LogP contribution in [0.3, 0.4) is 0 Å². The van der Waals surface area contributed by atoms with Crippen LogP contribution in [0.25, 0.3) is 0 Å². The van der Waals surface area contributed by atoms with E-state index in [0.29, 0.717) is 0 Å². The van der Waals surface area contributed by atoms with Gasteiger partial charge in [-0.2, -0.15) is 0 Å². The zero-order chi connectivity index (χ0) is 13.1. The average Bonchev–Trinajstić information content (AvgIpc) is 2.36. The molecule has 0 aliphatic rings. The summed E-state index contributed by atoms with van der Waals surface area (Å²) in [4.78, 5) is 3.61. The Labute approximate surface area is 101 Å². The number of pyridine rings is 1. The highest BCUT2D eigenvalue weighted by atomic mass is 19.1. The van der Waals surface area contributed by atoms with Gasteiger partial charge < -0.3 is 10.5 Å². The molecule has 1 aromatic heterocycles. The molecule has 1 aromatic carbocycles. The van der Waals surface area contributed by atoms with Crippen molar-refractivity contribution in [3.63, 3.8) is 0 Å². The second-order valence-electron chi connectivity index (χ2n) is 3.47. The molecule has 0 atom stereocenters. The second-order valence-corrected chi connectivity index (χ2v) is 3.47. The summed E-state index contributed by atoms with van der Waals surface area (Å²) in [7, 11) is 0. The first-order valence-corrected chi connectivity index (χ1v) is 5.08. The molecule has 0 radical (unpaired) electrons. The van der Waals surface area contributed by atoms with Crippen molar-refractivity contribution >= 4 is 0 Å². The number of nitrogens with zero attached hydrogens (tertiary/aromatic N) is 1. The molecule has 2 rings (SSSR count). The molecule has 0 aliphatic carbocycles. The van der Waals surface area contributed by atoms with Gasteiger partial charge in [-0.3, -0.25) is 0 Å². The monoisotopic (exact) mass is 254 g/mol. The molecule has 94 valence electrons. The number of aromatic nitrogens is 1. The molecular weight excluding hydrogens is 245 g/mol. The van der Waals surface area contributed by atoms with Crippen LogP contribution in [0.4, 0.5) is 13.2 Å². The van der Waals surface area contributed by atoms with Crippen molar-refractivity contribution in [2.75, 3.05) is 0 Å². The van der Waals surface area contributed by atoms with Crippen LogP contribution in [0.5, 0.6) is 11.6 Å². The molecule has 1 heterocycles. The smallest absolute Gasteiger partial charge is 0.256 e. The summed E-state index contributed by atoms with van der Waals surface area (Å²) in [6.45, 7) is -0.0453. The van der Waals surface area contributed by atoms with E-state index in [1.54, 1.807) is 0 Å². The summed E-state index contributed by atoms with van der Waals surface area (Å²) in [6.07, 6.45) is 1.28. The minimum Gasteiger partial charge on any atom is -0.433 e. The third kappa shape index (κ3) is 2.43. The standard InChI is InChI=1S/C12H9F3N2O/c13-8-1-2-9(14)10(5-8)18-12-11(15)7(6-16)3-4-17-12/h1-5H,6,16H2. The molecule has 2 N–H and O–H groups in total. The number of halogens is 3. The molecule has 2 aromatic rings. The van der Waals surface area contributed by atoms with E-state index in [2.05, 4.69) is 4.98 Å². The summed E-state index contributed by atoms with van der Waals surface area (Å²) in [5.74, 6) is -3.17. The topological polar surface area (TPSA) is 48.1 Å². The maximum Gasteiger partial charge on any atom is 0.256 e. The Bertz CT molecular complexity index is 575. The summed E-state index contributed by atoms with van der Waals surface area (Å²) in [5, 5.41) is 0. The lowest BCUT2D eigenvalue weighted by Crippen LogP contribution is -2.03. The van der Waals surface area contributed by atoms with Crippen LogP contribution < -0.4 is 10.5 Å². The minimum atomic E-state index is -0.809. The van der Waals surface area contributed by atoms with Crippen molar-refractivity contribution in [2.45, 2.75) is 6.54 Å². The molecule has 0 amide bonds. The molecular formula is C12H9F3N2O. The van der Waals surface area contributed by atoms with E-state index in [1.807, 2.05) is 0 Å². The predicted molar refractivity (Wildman–Crippen MR) is 58.5 cm³/mol. The number of hydrogen-bond acceptors (Lipinski definition) is 3. The number of hydrogen-bond donors (Lipinski definition) is 1. The first-order chi connectivity index (χ1) is 8.61. The predicted octanol–water partition coefficient (Wildman–Crippen LogP) is 2.75. The third-order valence-electron chi connectivity index (χ3n) is 2.26. The minimum absolute atomic E-state index is 0.0453. The second kappa shape index (κ2) is 5.05. The van der Waals surface area contributed by atoms with E-state index in [-0.39, 0.29) is 12.1 Å². The van der Waals surface area contributed by atoms with Gasteiger partial charge in [-0.05, 0) is 18.2 Å². The fourth-order valence-electron chi connectivity index (χ4n) is 1.35. The normalized spacial score (nSPS) is 10.4. The maximum atomic E-state index is 13.7. The van der Waals surface area contributed by atoms with Gasteiger partial charge in [0.05, 0.1) is 0 Å². The molecule has 0 saturated heterocycles. The van der Waals surface area contributed by atoms with E-state index >= 15 is 0 Å². The summed E-state index contributed by atoms with van der Waals surface area (Å²) < 4.78 is 44.8. The number of nitrogens with two attached hydrogens (primary N) is 1. The van der Waals surface area contributed by atoms with Crippen LogP contribution in [-0.4, -0.2) is 4.98 Å². The third-order valence-corrected chi connectivity index (χ3v) is 2.26. The molecule has 0 fully saturated rings. The van der Waals surface area contributed by atoms with Crippen molar-refractivity contribution in [1.29, 1.82) is 0 Å². The molecule has 0 bridgehead atoms. The van der Waals surface area contributed by atoms with E-state index in [4.69, 9.17) is 10.5 Å². The number of rotatable bonds is 3. The van der Waals surface area contributed by atoms with Crippen LogP contribution >= 0.6 is 0 Å². The average molecular weight is 254 g/mol. The number of ether oxygens (including phenoxy) is 1. The van der Waals surface area contributed by atoms with Crippen LogP contribution in [0, 0.1) is 17.5 Å². The highest BCUT2D eigenvalue weighted by molar-refractivity contribution is 5.31. The Kier molecular flexibility index (Phi) is 3.47. The van der Waals surface area contributed by atoms with Gasteiger partial charge in [0.1, 0.15) is 5.82 Å².